The summed E-state index contributed by atoms with van der Waals surface area (Å²) in [6.07, 6.45) is 52.3. The van der Waals surface area contributed by atoms with Gasteiger partial charge >= 0.3 is 0 Å². The molecule has 0 amide bonds. The summed E-state index contributed by atoms with van der Waals surface area (Å²) in [6, 6.07) is 2.63. The average molecular weight is 840 g/mol. The van der Waals surface area contributed by atoms with Crippen LogP contribution in [0.3, 0.4) is 0 Å². The Labute approximate surface area is 372 Å². The molecule has 0 bridgehead atoms. The van der Waals surface area contributed by atoms with Crippen LogP contribution in [0.5, 0.6) is 0 Å². The Morgan fingerprint density at radius 1 is 0.333 bits per heavy atom. The van der Waals surface area contributed by atoms with E-state index in [2.05, 4.69) is 16.7 Å². The van der Waals surface area contributed by atoms with E-state index in [0.717, 1.165) is 111 Å². The van der Waals surface area contributed by atoms with Gasteiger partial charge in [0.2, 0.25) is 0 Å². The van der Waals surface area contributed by atoms with Gasteiger partial charge in [0.25, 0.3) is 0 Å². The number of hydrogen-bond acceptors (Lipinski definition) is 4. The molecule has 13 rings (SSSR count). The quantitative estimate of drug-likeness (QED) is 0.275. The highest BCUT2D eigenvalue weighted by atomic mass is 32.2. The van der Waals surface area contributed by atoms with Gasteiger partial charge in [0, 0.05) is 34.5 Å². The van der Waals surface area contributed by atoms with Crippen LogP contribution in [0.15, 0.2) is 0 Å². The van der Waals surface area contributed by atoms with Gasteiger partial charge in [-0.15, -0.1) is 0 Å². The van der Waals surface area contributed by atoms with Crippen molar-refractivity contribution >= 4 is 11.8 Å². The maximum Gasteiger partial charge on any atom is 0.0667 e. The third-order valence-electron chi connectivity index (χ3n) is 23.3. The Kier molecular flexibility index (Phi) is 11.6. The molecule has 0 radical (unpaired) electrons. The number of thioether (sulfide) groups is 1. The molecule has 3 heterocycles. The zero-order valence-electron chi connectivity index (χ0n) is 38.3. The molecule has 3 saturated heterocycles. The molecule has 13 aliphatic rings. The zero-order valence-corrected chi connectivity index (χ0v) is 39.1. The Morgan fingerprint density at radius 2 is 0.900 bits per heavy atom. The minimum atomic E-state index is 0.520. The molecule has 4 heteroatoms. The van der Waals surface area contributed by atoms with Crippen LogP contribution in [0.2, 0.25) is 0 Å². The van der Waals surface area contributed by atoms with Gasteiger partial charge in [-0.2, -0.15) is 11.8 Å². The normalized spacial score (nSPS) is 56.2. The number of fused-ring (bicyclic) bond motifs is 12. The van der Waals surface area contributed by atoms with E-state index in [1.54, 1.807) is 89.9 Å². The summed E-state index contributed by atoms with van der Waals surface area (Å²) in [5, 5.41) is 1.96. The standard InChI is InChI=1S/C56H89NO2S/c1-2-10-37-31-40(20-19-34(37)9-1)35-21-25-41(26-22-35)57(49-17-8-16-46-48-32-38-11-3-4-12-39(38)33-52(48)60-56(46)49)42-27-23-36(24-28-42)43-14-7-15-44-45-29-30-51-53(55(45)59-54(43)44)47-13-5-6-18-50(47)58-51/h34-56H,1-33H2. The van der Waals surface area contributed by atoms with Gasteiger partial charge in [0.15, 0.2) is 0 Å². The van der Waals surface area contributed by atoms with E-state index in [9.17, 15) is 0 Å². The first-order chi connectivity index (χ1) is 29.7. The molecule has 0 spiro atoms. The number of hydrogen-bond donors (Lipinski definition) is 0. The molecule has 3 aliphatic heterocycles. The van der Waals surface area contributed by atoms with Crippen LogP contribution in [-0.2, 0) is 9.47 Å². The van der Waals surface area contributed by atoms with E-state index in [0.29, 0.717) is 24.4 Å². The predicted octanol–water partition coefficient (Wildman–Crippen LogP) is 14.0. The Morgan fingerprint density at radius 3 is 1.72 bits per heavy atom. The molecule has 10 saturated carbocycles. The average Bonchev–Trinajstić information content (AvgIpc) is 4.00. The minimum Gasteiger partial charge on any atom is -0.374 e. The summed E-state index contributed by atoms with van der Waals surface area (Å²) in [7, 11) is 0. The van der Waals surface area contributed by atoms with Crippen molar-refractivity contribution in [1.82, 2.24) is 4.90 Å². The predicted molar refractivity (Wildman–Crippen MR) is 247 cm³/mol. The lowest BCUT2D eigenvalue weighted by molar-refractivity contribution is -0.0879. The number of nitrogens with zero attached hydrogens (tertiary/aromatic N) is 1. The lowest BCUT2D eigenvalue weighted by Gasteiger charge is -2.53. The Balaban J connectivity index is 0.715. The van der Waals surface area contributed by atoms with Gasteiger partial charge in [-0.25, -0.2) is 0 Å². The highest BCUT2D eigenvalue weighted by Crippen LogP contribution is 2.62. The fourth-order valence-corrected chi connectivity index (χ4v) is 23.1. The third-order valence-corrected chi connectivity index (χ3v) is 25.2. The molecule has 336 valence electrons. The fourth-order valence-electron chi connectivity index (χ4n) is 20.8. The summed E-state index contributed by atoms with van der Waals surface area (Å²) in [5.41, 5.74) is 0. The van der Waals surface area contributed by atoms with Crippen LogP contribution in [0.25, 0.3) is 0 Å². The molecule has 0 N–H and O–H groups in total. The number of ether oxygens (including phenoxy) is 2. The molecule has 19 unspecified atom stereocenters. The lowest BCUT2D eigenvalue weighted by Crippen LogP contribution is -2.57. The monoisotopic (exact) mass is 840 g/mol. The van der Waals surface area contributed by atoms with Crippen LogP contribution in [0.1, 0.15) is 212 Å². The summed E-state index contributed by atoms with van der Waals surface area (Å²) in [4.78, 5) is 3.45. The van der Waals surface area contributed by atoms with Crippen molar-refractivity contribution in [2.24, 2.45) is 82.9 Å². The van der Waals surface area contributed by atoms with Crippen molar-refractivity contribution in [3.63, 3.8) is 0 Å². The second-order valence-electron chi connectivity index (χ2n) is 25.5. The van der Waals surface area contributed by atoms with Crippen molar-refractivity contribution in [2.45, 2.75) is 265 Å². The van der Waals surface area contributed by atoms with Crippen LogP contribution >= 0.6 is 11.8 Å². The maximum absolute atomic E-state index is 7.59. The summed E-state index contributed by atoms with van der Waals surface area (Å²) in [5.74, 6) is 13.6. The molecule has 60 heavy (non-hydrogen) atoms. The first-order valence-corrected chi connectivity index (χ1v) is 29.4. The second-order valence-corrected chi connectivity index (χ2v) is 26.9. The minimum absolute atomic E-state index is 0.520. The molecular formula is C56H89NO2S. The van der Waals surface area contributed by atoms with Crippen LogP contribution in [0.4, 0.5) is 0 Å². The van der Waals surface area contributed by atoms with Crippen LogP contribution < -0.4 is 0 Å². The van der Waals surface area contributed by atoms with Gasteiger partial charge < -0.3 is 9.47 Å². The smallest absolute Gasteiger partial charge is 0.0667 e. The van der Waals surface area contributed by atoms with E-state index in [1.165, 1.54) is 122 Å². The van der Waals surface area contributed by atoms with Gasteiger partial charge in [0.05, 0.1) is 24.4 Å². The second kappa shape index (κ2) is 17.1. The van der Waals surface area contributed by atoms with Crippen molar-refractivity contribution in [1.29, 1.82) is 0 Å². The van der Waals surface area contributed by atoms with Crippen molar-refractivity contribution in [3.05, 3.63) is 0 Å². The van der Waals surface area contributed by atoms with E-state index in [-0.39, 0.29) is 0 Å². The zero-order chi connectivity index (χ0) is 39.3. The molecule has 13 fully saturated rings. The Bertz CT molecular complexity index is 1470. The van der Waals surface area contributed by atoms with Gasteiger partial charge in [-0.3, -0.25) is 4.90 Å². The molecule has 0 aromatic heterocycles. The van der Waals surface area contributed by atoms with E-state index >= 15 is 0 Å². The van der Waals surface area contributed by atoms with Gasteiger partial charge in [-0.05, 0) is 212 Å². The van der Waals surface area contributed by atoms with Crippen LogP contribution in [-0.4, -0.2) is 57.9 Å². The van der Waals surface area contributed by atoms with Gasteiger partial charge in [-0.1, -0.05) is 77.0 Å². The largest absolute Gasteiger partial charge is 0.374 e. The molecular weight excluding hydrogens is 751 g/mol. The summed E-state index contributed by atoms with van der Waals surface area (Å²) in [6.45, 7) is 0. The molecule has 10 aliphatic carbocycles. The van der Waals surface area contributed by atoms with Crippen molar-refractivity contribution in [2.75, 3.05) is 0 Å². The SMILES string of the molecule is C1CCC2CC(C3CCC(N(C4CCC(C5CCCC6C7CCC8OC9CCCCC9C8C7OC56)CC4)C4CCCC5C6CC7CCCCC7CC6SC54)CC3)CCC2C1. The van der Waals surface area contributed by atoms with Crippen LogP contribution in [0, 0.1) is 82.9 Å². The molecule has 0 aromatic carbocycles. The first kappa shape index (κ1) is 40.5. The highest BCUT2D eigenvalue weighted by Gasteiger charge is 2.61. The molecule has 19 atom stereocenters. The fraction of sp³-hybridized carbons (Fsp3) is 1.00. The van der Waals surface area contributed by atoms with Crippen molar-refractivity contribution in [3.8, 4) is 0 Å². The third kappa shape index (κ3) is 7.16. The van der Waals surface area contributed by atoms with Crippen molar-refractivity contribution < 1.29 is 9.47 Å². The molecule has 0 aromatic rings. The maximum atomic E-state index is 7.59. The Hall–Kier alpha value is 0.230. The highest BCUT2D eigenvalue weighted by molar-refractivity contribution is 8.00. The number of rotatable bonds is 5. The first-order valence-electron chi connectivity index (χ1n) is 28.5. The van der Waals surface area contributed by atoms with E-state index < -0.39 is 0 Å². The lowest BCUT2D eigenvalue weighted by atomic mass is 9.61. The topological polar surface area (TPSA) is 21.7 Å². The molecule has 3 nitrogen and oxygen atoms in total. The summed E-state index contributed by atoms with van der Waals surface area (Å²) < 4.78 is 14.4. The van der Waals surface area contributed by atoms with E-state index in [1.807, 2.05) is 0 Å². The summed E-state index contributed by atoms with van der Waals surface area (Å²) >= 11 is 2.62. The van der Waals surface area contributed by atoms with E-state index in [4.69, 9.17) is 9.47 Å². The van der Waals surface area contributed by atoms with Gasteiger partial charge in [0.1, 0.15) is 0 Å².